The highest BCUT2D eigenvalue weighted by Crippen LogP contribution is 2.18. The monoisotopic (exact) mass is 388 g/mol. The molecule has 140 valence electrons. The number of hydrogen-bond donors (Lipinski definition) is 2. The van der Waals surface area contributed by atoms with Crippen LogP contribution < -0.4 is 5.32 Å². The Bertz CT molecular complexity index is 1010. The van der Waals surface area contributed by atoms with Gasteiger partial charge in [-0.2, -0.15) is 5.10 Å². The number of amides is 1. The second-order valence-electron chi connectivity index (χ2n) is 6.12. The summed E-state index contributed by atoms with van der Waals surface area (Å²) in [5.74, 6) is -0.227. The molecular formula is C19H18F2N4OS. The SMILES string of the molecule is Cc1cc(CNC(=O)CCn2c(-c3ccc(F)cc3)n[nH]c2=S)ccc1F. The van der Waals surface area contributed by atoms with E-state index < -0.39 is 0 Å². The predicted octanol–water partition coefficient (Wildman–Crippen LogP) is 3.90. The van der Waals surface area contributed by atoms with Crippen LogP contribution in [0.1, 0.15) is 17.5 Å². The van der Waals surface area contributed by atoms with Crippen LogP contribution in [0.25, 0.3) is 11.4 Å². The summed E-state index contributed by atoms with van der Waals surface area (Å²) in [5, 5.41) is 9.66. The fraction of sp³-hybridized carbons (Fsp3) is 0.211. The van der Waals surface area contributed by atoms with Crippen molar-refractivity contribution in [3.63, 3.8) is 0 Å². The van der Waals surface area contributed by atoms with Gasteiger partial charge in [-0.15, -0.1) is 0 Å². The zero-order valence-electron chi connectivity index (χ0n) is 14.6. The van der Waals surface area contributed by atoms with Gasteiger partial charge in [-0.3, -0.25) is 14.5 Å². The van der Waals surface area contributed by atoms with Gasteiger partial charge in [-0.05, 0) is 60.6 Å². The molecule has 1 heterocycles. The number of carbonyl (C=O) groups excluding carboxylic acids is 1. The van der Waals surface area contributed by atoms with E-state index in [1.54, 1.807) is 35.8 Å². The summed E-state index contributed by atoms with van der Waals surface area (Å²) in [6, 6.07) is 10.6. The highest BCUT2D eigenvalue weighted by atomic mass is 32.1. The van der Waals surface area contributed by atoms with Crippen LogP contribution in [0.3, 0.4) is 0 Å². The highest BCUT2D eigenvalue weighted by Gasteiger charge is 2.11. The van der Waals surface area contributed by atoms with E-state index in [-0.39, 0.29) is 24.0 Å². The van der Waals surface area contributed by atoms with E-state index in [0.717, 1.165) is 5.56 Å². The van der Waals surface area contributed by atoms with Crippen molar-refractivity contribution in [3.8, 4) is 11.4 Å². The zero-order chi connectivity index (χ0) is 19.4. The van der Waals surface area contributed by atoms with Crippen molar-refractivity contribution in [1.82, 2.24) is 20.1 Å². The molecule has 0 aliphatic rings. The Morgan fingerprint density at radius 1 is 1.22 bits per heavy atom. The first-order valence-electron chi connectivity index (χ1n) is 8.37. The molecule has 2 aromatic carbocycles. The fourth-order valence-electron chi connectivity index (χ4n) is 2.66. The van der Waals surface area contributed by atoms with E-state index in [1.807, 2.05) is 0 Å². The van der Waals surface area contributed by atoms with Crippen LogP contribution in [0.2, 0.25) is 0 Å². The van der Waals surface area contributed by atoms with Gasteiger partial charge >= 0.3 is 0 Å². The smallest absolute Gasteiger partial charge is 0.222 e. The maximum atomic E-state index is 13.3. The van der Waals surface area contributed by atoms with Gasteiger partial charge in [0.15, 0.2) is 10.6 Å². The summed E-state index contributed by atoms with van der Waals surface area (Å²) < 4.78 is 28.5. The number of aryl methyl sites for hydroxylation is 1. The molecular weight excluding hydrogens is 370 g/mol. The normalized spacial score (nSPS) is 10.8. The van der Waals surface area contributed by atoms with E-state index in [1.165, 1.54) is 18.2 Å². The molecule has 1 amide bonds. The molecule has 0 saturated heterocycles. The molecule has 27 heavy (non-hydrogen) atoms. The summed E-state index contributed by atoms with van der Waals surface area (Å²) in [5.41, 5.74) is 2.07. The molecule has 3 rings (SSSR count). The third-order valence-electron chi connectivity index (χ3n) is 4.14. The maximum absolute atomic E-state index is 13.3. The van der Waals surface area contributed by atoms with E-state index in [2.05, 4.69) is 15.5 Å². The van der Waals surface area contributed by atoms with Crippen molar-refractivity contribution in [1.29, 1.82) is 0 Å². The van der Waals surface area contributed by atoms with Crippen molar-refractivity contribution < 1.29 is 13.6 Å². The van der Waals surface area contributed by atoms with Crippen molar-refractivity contribution in [3.05, 3.63) is 70.0 Å². The minimum Gasteiger partial charge on any atom is -0.352 e. The maximum Gasteiger partial charge on any atom is 0.222 e. The molecule has 0 radical (unpaired) electrons. The summed E-state index contributed by atoms with van der Waals surface area (Å²) in [7, 11) is 0. The lowest BCUT2D eigenvalue weighted by Crippen LogP contribution is -2.24. The number of aromatic nitrogens is 3. The van der Waals surface area contributed by atoms with Crippen molar-refractivity contribution >= 4 is 18.1 Å². The molecule has 5 nitrogen and oxygen atoms in total. The second-order valence-corrected chi connectivity index (χ2v) is 6.51. The van der Waals surface area contributed by atoms with Gasteiger partial charge < -0.3 is 5.32 Å². The van der Waals surface area contributed by atoms with Crippen LogP contribution in [0.4, 0.5) is 8.78 Å². The summed E-state index contributed by atoms with van der Waals surface area (Å²) >= 11 is 5.22. The summed E-state index contributed by atoms with van der Waals surface area (Å²) in [4.78, 5) is 12.2. The van der Waals surface area contributed by atoms with Crippen LogP contribution in [0.15, 0.2) is 42.5 Å². The van der Waals surface area contributed by atoms with E-state index >= 15 is 0 Å². The molecule has 0 aliphatic carbocycles. The number of halogens is 2. The lowest BCUT2D eigenvalue weighted by atomic mass is 10.1. The quantitative estimate of drug-likeness (QED) is 0.630. The van der Waals surface area contributed by atoms with Gasteiger partial charge in [0, 0.05) is 25.1 Å². The lowest BCUT2D eigenvalue weighted by Gasteiger charge is -2.09. The highest BCUT2D eigenvalue weighted by molar-refractivity contribution is 7.71. The van der Waals surface area contributed by atoms with Crippen LogP contribution in [0.5, 0.6) is 0 Å². The van der Waals surface area contributed by atoms with Crippen LogP contribution >= 0.6 is 12.2 Å². The first-order valence-corrected chi connectivity index (χ1v) is 8.78. The van der Waals surface area contributed by atoms with Crippen molar-refractivity contribution in [2.75, 3.05) is 0 Å². The van der Waals surface area contributed by atoms with E-state index in [0.29, 0.717) is 34.8 Å². The number of nitrogens with zero attached hydrogens (tertiary/aromatic N) is 2. The molecule has 0 saturated carbocycles. The van der Waals surface area contributed by atoms with Gasteiger partial charge in [-0.1, -0.05) is 12.1 Å². The third-order valence-corrected chi connectivity index (χ3v) is 4.45. The molecule has 0 spiro atoms. The van der Waals surface area contributed by atoms with Gasteiger partial charge in [0.1, 0.15) is 11.6 Å². The standard InChI is InChI=1S/C19H18F2N4OS/c1-12-10-13(2-7-16(12)21)11-22-17(26)8-9-25-18(23-24-19(25)27)14-3-5-15(20)6-4-14/h2-7,10H,8-9,11H2,1H3,(H,22,26)(H,24,27). The molecule has 0 bridgehead atoms. The molecule has 8 heteroatoms. The van der Waals surface area contributed by atoms with Gasteiger partial charge in [-0.25, -0.2) is 8.78 Å². The largest absolute Gasteiger partial charge is 0.352 e. The predicted molar refractivity (Wildman–Crippen MR) is 100 cm³/mol. The van der Waals surface area contributed by atoms with Gasteiger partial charge in [0.25, 0.3) is 0 Å². The molecule has 2 N–H and O–H groups in total. The number of carbonyl (C=O) groups is 1. The zero-order valence-corrected chi connectivity index (χ0v) is 15.4. The minimum absolute atomic E-state index is 0.162. The van der Waals surface area contributed by atoms with Gasteiger partial charge in [0.2, 0.25) is 5.91 Å². The number of aromatic amines is 1. The van der Waals surface area contributed by atoms with Crippen LogP contribution in [0, 0.1) is 23.3 Å². The van der Waals surface area contributed by atoms with Crippen molar-refractivity contribution in [2.45, 2.75) is 26.4 Å². The summed E-state index contributed by atoms with van der Waals surface area (Å²) in [6.07, 6.45) is 0.197. The third kappa shape index (κ3) is 4.65. The second kappa shape index (κ2) is 8.22. The molecule has 1 aromatic heterocycles. The molecule has 0 unspecified atom stereocenters. The lowest BCUT2D eigenvalue weighted by molar-refractivity contribution is -0.121. The Morgan fingerprint density at radius 2 is 1.96 bits per heavy atom. The van der Waals surface area contributed by atoms with E-state index in [4.69, 9.17) is 12.2 Å². The summed E-state index contributed by atoms with van der Waals surface area (Å²) in [6.45, 7) is 2.33. The Labute approximate surface area is 160 Å². The fourth-order valence-corrected chi connectivity index (χ4v) is 2.89. The molecule has 0 aliphatic heterocycles. The van der Waals surface area contributed by atoms with E-state index in [9.17, 15) is 13.6 Å². The number of benzene rings is 2. The number of hydrogen-bond acceptors (Lipinski definition) is 3. The minimum atomic E-state index is -0.338. The average molecular weight is 388 g/mol. The molecule has 0 atom stereocenters. The first kappa shape index (κ1) is 18.9. The molecule has 3 aromatic rings. The van der Waals surface area contributed by atoms with Crippen molar-refractivity contribution in [2.24, 2.45) is 0 Å². The average Bonchev–Trinajstić information content (AvgIpc) is 3.02. The van der Waals surface area contributed by atoms with Crippen LogP contribution in [-0.2, 0) is 17.9 Å². The Morgan fingerprint density at radius 3 is 2.67 bits per heavy atom. The number of rotatable bonds is 6. The van der Waals surface area contributed by atoms with Gasteiger partial charge in [0.05, 0.1) is 0 Å². The van der Waals surface area contributed by atoms with Crippen LogP contribution in [-0.4, -0.2) is 20.7 Å². The topological polar surface area (TPSA) is 62.7 Å². The Kier molecular flexibility index (Phi) is 5.75. The first-order chi connectivity index (χ1) is 12.9. The Hall–Kier alpha value is -2.87. The Balaban J connectivity index is 1.62. The molecule has 0 fully saturated rings. The number of nitrogens with one attached hydrogen (secondary N) is 2. The number of H-pyrrole nitrogens is 1.